The fourth-order valence-corrected chi connectivity index (χ4v) is 2.27. The second-order valence-electron chi connectivity index (χ2n) is 4.85. The van der Waals surface area contributed by atoms with Crippen LogP contribution in [0.4, 0.5) is 5.69 Å². The average molecular weight is 262 g/mol. The summed E-state index contributed by atoms with van der Waals surface area (Å²) in [6.45, 7) is 5.32. The van der Waals surface area contributed by atoms with E-state index >= 15 is 0 Å². The molecule has 1 amide bonds. The smallest absolute Gasteiger partial charge is 0.226 e. The van der Waals surface area contributed by atoms with Crippen molar-refractivity contribution < 1.29 is 4.79 Å². The highest BCUT2D eigenvalue weighted by Gasteiger charge is 2.13. The Kier molecular flexibility index (Phi) is 5.30. The van der Waals surface area contributed by atoms with Crippen molar-refractivity contribution in [1.82, 2.24) is 15.2 Å². The molecule has 5 nitrogen and oxygen atoms in total. The molecule has 1 fully saturated rings. The van der Waals surface area contributed by atoms with Crippen molar-refractivity contribution >= 4 is 11.6 Å². The summed E-state index contributed by atoms with van der Waals surface area (Å²) in [4.78, 5) is 20.1. The molecular formula is C14H22N4O. The highest BCUT2D eigenvalue weighted by Crippen LogP contribution is 2.11. The predicted octanol–water partition coefficient (Wildman–Crippen LogP) is 0.730. The number of hydrogen-bond acceptors (Lipinski definition) is 4. The van der Waals surface area contributed by atoms with E-state index in [1.807, 2.05) is 19.2 Å². The molecule has 0 aliphatic carbocycles. The van der Waals surface area contributed by atoms with Crippen molar-refractivity contribution in [2.45, 2.75) is 12.8 Å². The maximum absolute atomic E-state index is 12.1. The number of amides is 1. The third-order valence-electron chi connectivity index (χ3n) is 3.50. The molecule has 1 aromatic heterocycles. The summed E-state index contributed by atoms with van der Waals surface area (Å²) in [6.07, 6.45) is 4.94. The van der Waals surface area contributed by atoms with Gasteiger partial charge >= 0.3 is 0 Å². The Morgan fingerprint density at radius 2 is 2.05 bits per heavy atom. The van der Waals surface area contributed by atoms with Gasteiger partial charge in [-0.1, -0.05) is 0 Å². The lowest BCUT2D eigenvalue weighted by atomic mass is 10.2. The lowest BCUT2D eigenvalue weighted by Gasteiger charge is -2.27. The van der Waals surface area contributed by atoms with Gasteiger partial charge in [-0.25, -0.2) is 0 Å². The molecule has 1 aliphatic heterocycles. The first kappa shape index (κ1) is 14.0. The second kappa shape index (κ2) is 7.21. The summed E-state index contributed by atoms with van der Waals surface area (Å²) in [5, 5.41) is 3.33. The third-order valence-corrected chi connectivity index (χ3v) is 3.50. The van der Waals surface area contributed by atoms with Crippen LogP contribution < -0.4 is 10.2 Å². The third kappa shape index (κ3) is 4.29. The zero-order chi connectivity index (χ0) is 13.5. The minimum Gasteiger partial charge on any atom is -0.315 e. The molecule has 104 valence electrons. The predicted molar refractivity (Wildman–Crippen MR) is 76.2 cm³/mol. The monoisotopic (exact) mass is 262 g/mol. The normalized spacial score (nSPS) is 16.3. The summed E-state index contributed by atoms with van der Waals surface area (Å²) < 4.78 is 0. The number of carbonyl (C=O) groups excluding carboxylic acids is 1. The van der Waals surface area contributed by atoms with E-state index in [-0.39, 0.29) is 5.91 Å². The van der Waals surface area contributed by atoms with E-state index in [1.54, 1.807) is 17.3 Å². The average Bonchev–Trinajstić information content (AvgIpc) is 2.48. The Morgan fingerprint density at radius 1 is 1.37 bits per heavy atom. The number of anilines is 1. The van der Waals surface area contributed by atoms with Crippen molar-refractivity contribution in [3.8, 4) is 0 Å². The molecule has 0 spiro atoms. The molecule has 0 atom stereocenters. The van der Waals surface area contributed by atoms with E-state index in [2.05, 4.69) is 15.2 Å². The van der Waals surface area contributed by atoms with Crippen LogP contribution in [0.1, 0.15) is 12.8 Å². The van der Waals surface area contributed by atoms with Gasteiger partial charge in [-0.2, -0.15) is 0 Å². The molecule has 0 saturated carbocycles. The van der Waals surface area contributed by atoms with Gasteiger partial charge in [-0.05, 0) is 25.1 Å². The Morgan fingerprint density at radius 3 is 2.74 bits per heavy atom. The number of nitrogens with one attached hydrogen (secondary N) is 1. The van der Waals surface area contributed by atoms with Crippen molar-refractivity contribution in [2.75, 3.05) is 44.7 Å². The van der Waals surface area contributed by atoms with E-state index in [9.17, 15) is 4.79 Å². The number of nitrogens with zero attached hydrogens (tertiary/aromatic N) is 3. The van der Waals surface area contributed by atoms with Gasteiger partial charge in [-0.3, -0.25) is 9.78 Å². The van der Waals surface area contributed by atoms with Crippen LogP contribution in [0, 0.1) is 0 Å². The van der Waals surface area contributed by atoms with Gasteiger partial charge in [0.2, 0.25) is 5.91 Å². The van der Waals surface area contributed by atoms with Gasteiger partial charge in [0.25, 0.3) is 0 Å². The Bertz CT molecular complexity index is 390. The topological polar surface area (TPSA) is 48.5 Å². The molecule has 2 rings (SSSR count). The van der Waals surface area contributed by atoms with Gasteiger partial charge in [0.05, 0.1) is 0 Å². The molecule has 1 N–H and O–H groups in total. The van der Waals surface area contributed by atoms with Crippen molar-refractivity contribution in [2.24, 2.45) is 0 Å². The van der Waals surface area contributed by atoms with Crippen LogP contribution in [0.3, 0.4) is 0 Å². The first-order valence-corrected chi connectivity index (χ1v) is 6.87. The fourth-order valence-electron chi connectivity index (χ4n) is 2.27. The molecule has 1 aliphatic rings. The number of carbonyl (C=O) groups is 1. The van der Waals surface area contributed by atoms with Crippen LogP contribution >= 0.6 is 0 Å². The van der Waals surface area contributed by atoms with E-state index < -0.39 is 0 Å². The molecule has 0 radical (unpaired) electrons. The van der Waals surface area contributed by atoms with Gasteiger partial charge < -0.3 is 15.1 Å². The minimum atomic E-state index is 0.168. The lowest BCUT2D eigenvalue weighted by Crippen LogP contribution is -2.43. The first-order valence-electron chi connectivity index (χ1n) is 6.87. The molecule has 1 saturated heterocycles. The molecule has 0 bridgehead atoms. The van der Waals surface area contributed by atoms with E-state index in [1.165, 1.54) is 0 Å². The second-order valence-corrected chi connectivity index (χ2v) is 4.85. The van der Waals surface area contributed by atoms with E-state index in [4.69, 9.17) is 0 Å². The molecule has 0 unspecified atom stereocenters. The fraction of sp³-hybridized carbons (Fsp3) is 0.571. The molecule has 19 heavy (non-hydrogen) atoms. The van der Waals surface area contributed by atoms with Gasteiger partial charge in [0, 0.05) is 57.7 Å². The maximum Gasteiger partial charge on any atom is 0.226 e. The highest BCUT2D eigenvalue weighted by atomic mass is 16.2. The number of pyridine rings is 1. The summed E-state index contributed by atoms with van der Waals surface area (Å²) in [6, 6.07) is 3.71. The number of rotatable bonds is 5. The zero-order valence-corrected chi connectivity index (χ0v) is 11.5. The summed E-state index contributed by atoms with van der Waals surface area (Å²) >= 11 is 0. The SMILES string of the molecule is CN(C(=O)CCCN1CCNCC1)c1ccncc1. The van der Waals surface area contributed by atoms with Crippen LogP contribution in [0.5, 0.6) is 0 Å². The van der Waals surface area contributed by atoms with Crippen LogP contribution in [0.2, 0.25) is 0 Å². The van der Waals surface area contributed by atoms with Crippen LogP contribution in [-0.4, -0.2) is 55.6 Å². The Hall–Kier alpha value is -1.46. The molecular weight excluding hydrogens is 240 g/mol. The van der Waals surface area contributed by atoms with Crippen molar-refractivity contribution in [1.29, 1.82) is 0 Å². The number of hydrogen-bond donors (Lipinski definition) is 1. The van der Waals surface area contributed by atoms with Crippen molar-refractivity contribution in [3.05, 3.63) is 24.5 Å². The van der Waals surface area contributed by atoms with E-state index in [0.717, 1.165) is 44.8 Å². The Balaban J connectivity index is 1.72. The molecule has 5 heteroatoms. The maximum atomic E-state index is 12.1. The van der Waals surface area contributed by atoms with Crippen LogP contribution in [0.25, 0.3) is 0 Å². The van der Waals surface area contributed by atoms with Crippen molar-refractivity contribution in [3.63, 3.8) is 0 Å². The molecule has 2 heterocycles. The van der Waals surface area contributed by atoms with E-state index in [0.29, 0.717) is 6.42 Å². The first-order chi connectivity index (χ1) is 9.27. The largest absolute Gasteiger partial charge is 0.315 e. The quantitative estimate of drug-likeness (QED) is 0.850. The van der Waals surface area contributed by atoms with Gasteiger partial charge in [0.1, 0.15) is 0 Å². The molecule has 0 aromatic carbocycles. The van der Waals surface area contributed by atoms with Crippen LogP contribution in [0.15, 0.2) is 24.5 Å². The lowest BCUT2D eigenvalue weighted by molar-refractivity contribution is -0.118. The molecule has 1 aromatic rings. The number of aromatic nitrogens is 1. The minimum absolute atomic E-state index is 0.168. The zero-order valence-electron chi connectivity index (χ0n) is 11.5. The standard InChI is InChI=1S/C14H22N4O/c1-17(13-4-6-15-7-5-13)14(19)3-2-10-18-11-8-16-9-12-18/h4-7,16H,2-3,8-12H2,1H3. The highest BCUT2D eigenvalue weighted by molar-refractivity contribution is 5.92. The van der Waals surface area contributed by atoms with Gasteiger partial charge in [0.15, 0.2) is 0 Å². The summed E-state index contributed by atoms with van der Waals surface area (Å²) in [7, 11) is 1.82. The number of piperazine rings is 1. The summed E-state index contributed by atoms with van der Waals surface area (Å²) in [5.41, 5.74) is 0.905. The van der Waals surface area contributed by atoms with Crippen LogP contribution in [-0.2, 0) is 4.79 Å². The summed E-state index contributed by atoms with van der Waals surface area (Å²) in [5.74, 6) is 0.168. The Labute approximate surface area is 114 Å². The van der Waals surface area contributed by atoms with Gasteiger partial charge in [-0.15, -0.1) is 0 Å².